The van der Waals surface area contributed by atoms with E-state index in [0.29, 0.717) is 5.92 Å². The van der Waals surface area contributed by atoms with Crippen LogP contribution in [0, 0.1) is 5.92 Å². The number of amidine groups is 1. The Morgan fingerprint density at radius 1 is 1.37 bits per heavy atom. The van der Waals surface area contributed by atoms with E-state index < -0.39 is 0 Å². The zero-order valence-corrected chi connectivity index (χ0v) is 11.3. The second-order valence-corrected chi connectivity index (χ2v) is 4.85. The summed E-state index contributed by atoms with van der Waals surface area (Å²) >= 11 is 4.83. The van der Waals surface area contributed by atoms with E-state index in [4.69, 9.17) is 12.2 Å². The number of allylic oxidation sites excluding steroid dienone is 5. The number of hydrogen-bond acceptors (Lipinski definition) is 3. The number of nitrogens with one attached hydrogen (secondary N) is 1. The van der Waals surface area contributed by atoms with Gasteiger partial charge in [-0.2, -0.15) is 0 Å². The molecule has 19 heavy (non-hydrogen) atoms. The van der Waals surface area contributed by atoms with Crippen molar-refractivity contribution in [1.82, 2.24) is 10.2 Å². The Hall–Kier alpha value is -1.94. The highest BCUT2D eigenvalue weighted by Crippen LogP contribution is 2.26. The van der Waals surface area contributed by atoms with Crippen LogP contribution in [0.15, 0.2) is 65.1 Å². The quantitative estimate of drug-likeness (QED) is 0.798. The average molecular weight is 269 g/mol. The van der Waals surface area contributed by atoms with Crippen LogP contribution in [-0.2, 0) is 0 Å². The maximum absolute atomic E-state index is 4.83. The molecule has 3 rings (SSSR count). The van der Waals surface area contributed by atoms with E-state index in [-0.39, 0.29) is 0 Å². The Morgan fingerprint density at radius 3 is 3.21 bits per heavy atom. The van der Waals surface area contributed by atoms with Gasteiger partial charge in [-0.25, -0.2) is 0 Å². The molecule has 2 heterocycles. The zero-order valence-electron chi connectivity index (χ0n) is 10.5. The van der Waals surface area contributed by atoms with Crippen molar-refractivity contribution in [2.24, 2.45) is 10.9 Å². The van der Waals surface area contributed by atoms with Gasteiger partial charge >= 0.3 is 0 Å². The lowest BCUT2D eigenvalue weighted by Crippen LogP contribution is -2.27. The summed E-state index contributed by atoms with van der Waals surface area (Å²) in [6.07, 6.45) is 17.8. The standard InChI is InChI=1S/C15H15N3S/c19-11-17-14-5-3-4-12(8-14)13-9-16-15-6-1-2-7-18(15)10-13/h1-3,5-8,10-12H,4,9H2,(H,17,19). The SMILES string of the molecule is S=CNC1=CC(C2=CN3C=CC=CC3=NC2)CC=C1. The lowest BCUT2D eigenvalue weighted by molar-refractivity contribution is 0.653. The molecular weight excluding hydrogens is 254 g/mol. The molecule has 4 heteroatoms. The van der Waals surface area contributed by atoms with Gasteiger partial charge in [-0.05, 0) is 30.2 Å². The molecule has 96 valence electrons. The van der Waals surface area contributed by atoms with Gasteiger partial charge in [-0.15, -0.1) is 0 Å². The van der Waals surface area contributed by atoms with E-state index in [1.54, 1.807) is 5.49 Å². The van der Waals surface area contributed by atoms with E-state index >= 15 is 0 Å². The van der Waals surface area contributed by atoms with Gasteiger partial charge in [-0.1, -0.05) is 30.4 Å². The van der Waals surface area contributed by atoms with Crippen LogP contribution in [0.5, 0.6) is 0 Å². The number of hydrogen-bond donors (Lipinski definition) is 1. The molecular formula is C15H15N3S. The van der Waals surface area contributed by atoms with Crippen LogP contribution in [0.25, 0.3) is 0 Å². The van der Waals surface area contributed by atoms with Crippen molar-refractivity contribution in [1.29, 1.82) is 0 Å². The van der Waals surface area contributed by atoms with Crippen molar-refractivity contribution in [2.75, 3.05) is 6.54 Å². The molecule has 0 radical (unpaired) electrons. The smallest absolute Gasteiger partial charge is 0.131 e. The molecule has 0 bridgehead atoms. The molecule has 0 saturated heterocycles. The number of fused-ring (bicyclic) bond motifs is 1. The molecule has 1 N–H and O–H groups in total. The van der Waals surface area contributed by atoms with Crippen molar-refractivity contribution in [3.05, 3.63) is 60.1 Å². The third-order valence-corrected chi connectivity index (χ3v) is 3.48. The van der Waals surface area contributed by atoms with E-state index in [0.717, 1.165) is 24.5 Å². The van der Waals surface area contributed by atoms with Gasteiger partial charge in [0.05, 0.1) is 12.0 Å². The van der Waals surface area contributed by atoms with Crippen LogP contribution >= 0.6 is 12.2 Å². The molecule has 0 aromatic heterocycles. The minimum absolute atomic E-state index is 0.395. The summed E-state index contributed by atoms with van der Waals surface area (Å²) in [7, 11) is 0. The molecule has 0 aromatic carbocycles. The first kappa shape index (κ1) is 12.1. The van der Waals surface area contributed by atoms with Gasteiger partial charge in [-0.3, -0.25) is 4.99 Å². The van der Waals surface area contributed by atoms with Crippen LogP contribution in [0.2, 0.25) is 0 Å². The molecule has 2 aliphatic heterocycles. The summed E-state index contributed by atoms with van der Waals surface area (Å²) in [5.74, 6) is 1.41. The first-order valence-corrected chi connectivity index (χ1v) is 6.81. The maximum Gasteiger partial charge on any atom is 0.131 e. The molecule has 3 aliphatic rings. The topological polar surface area (TPSA) is 27.6 Å². The Kier molecular flexibility index (Phi) is 3.42. The first-order chi connectivity index (χ1) is 9.36. The van der Waals surface area contributed by atoms with Crippen molar-refractivity contribution in [2.45, 2.75) is 6.42 Å². The maximum atomic E-state index is 4.83. The van der Waals surface area contributed by atoms with E-state index in [9.17, 15) is 0 Å². The van der Waals surface area contributed by atoms with Crippen LogP contribution in [0.1, 0.15) is 6.42 Å². The van der Waals surface area contributed by atoms with Gasteiger partial charge in [0.15, 0.2) is 0 Å². The minimum atomic E-state index is 0.395. The Labute approximate surface area is 118 Å². The molecule has 0 aromatic rings. The molecule has 3 nitrogen and oxygen atoms in total. The Bertz CT molecular complexity index is 564. The average Bonchev–Trinajstić information content (AvgIpc) is 2.47. The summed E-state index contributed by atoms with van der Waals surface area (Å²) in [5, 5.41) is 3.07. The molecule has 0 amide bonds. The normalized spacial score (nSPS) is 24.3. The molecule has 0 spiro atoms. The molecule has 1 unspecified atom stereocenters. The lowest BCUT2D eigenvalue weighted by Gasteiger charge is -2.27. The third-order valence-electron chi connectivity index (χ3n) is 3.37. The van der Waals surface area contributed by atoms with E-state index in [1.165, 1.54) is 5.57 Å². The van der Waals surface area contributed by atoms with Crippen LogP contribution in [0.3, 0.4) is 0 Å². The van der Waals surface area contributed by atoms with E-state index in [2.05, 4.69) is 39.6 Å². The molecule has 1 atom stereocenters. The second kappa shape index (κ2) is 5.36. The summed E-state index contributed by atoms with van der Waals surface area (Å²) in [5.41, 5.74) is 3.94. The van der Waals surface area contributed by atoms with Crippen LogP contribution in [0.4, 0.5) is 0 Å². The van der Waals surface area contributed by atoms with Crippen molar-refractivity contribution in [3.8, 4) is 0 Å². The van der Waals surface area contributed by atoms with E-state index in [1.807, 2.05) is 24.4 Å². The zero-order chi connectivity index (χ0) is 13.1. The largest absolute Gasteiger partial charge is 0.353 e. The number of nitrogens with zero attached hydrogens (tertiary/aromatic N) is 2. The minimum Gasteiger partial charge on any atom is -0.353 e. The fraction of sp³-hybridized carbons (Fsp3) is 0.200. The van der Waals surface area contributed by atoms with Gasteiger partial charge in [0.1, 0.15) is 5.84 Å². The van der Waals surface area contributed by atoms with Crippen molar-refractivity contribution >= 4 is 23.5 Å². The molecule has 1 aliphatic carbocycles. The van der Waals surface area contributed by atoms with Gasteiger partial charge in [0.25, 0.3) is 0 Å². The first-order valence-electron chi connectivity index (χ1n) is 6.33. The van der Waals surface area contributed by atoms with Crippen LogP contribution < -0.4 is 5.32 Å². The number of rotatable bonds is 3. The van der Waals surface area contributed by atoms with Gasteiger partial charge < -0.3 is 10.2 Å². The fourth-order valence-electron chi connectivity index (χ4n) is 2.40. The molecule has 0 saturated carbocycles. The highest BCUT2D eigenvalue weighted by atomic mass is 32.1. The van der Waals surface area contributed by atoms with Crippen molar-refractivity contribution in [3.63, 3.8) is 0 Å². The van der Waals surface area contributed by atoms with Gasteiger partial charge in [0, 0.05) is 24.0 Å². The highest BCUT2D eigenvalue weighted by molar-refractivity contribution is 7.78. The highest BCUT2D eigenvalue weighted by Gasteiger charge is 2.19. The Morgan fingerprint density at radius 2 is 2.32 bits per heavy atom. The van der Waals surface area contributed by atoms with Gasteiger partial charge in [0.2, 0.25) is 0 Å². The summed E-state index contributed by atoms with van der Waals surface area (Å²) < 4.78 is 0. The third kappa shape index (κ3) is 2.58. The van der Waals surface area contributed by atoms with Crippen LogP contribution in [-0.4, -0.2) is 22.8 Å². The predicted octanol–water partition coefficient (Wildman–Crippen LogP) is 2.67. The number of aliphatic imine (C=N–C) groups is 1. The fourth-order valence-corrected chi connectivity index (χ4v) is 2.54. The number of thiocarbonyl (C=S) groups is 1. The molecule has 0 fully saturated rings. The predicted molar refractivity (Wildman–Crippen MR) is 82.6 cm³/mol. The summed E-state index contributed by atoms with van der Waals surface area (Å²) in [4.78, 5) is 6.69. The Balaban J connectivity index is 1.79. The monoisotopic (exact) mass is 269 g/mol. The van der Waals surface area contributed by atoms with Crippen molar-refractivity contribution < 1.29 is 0 Å². The summed E-state index contributed by atoms with van der Waals surface area (Å²) in [6.45, 7) is 0.768. The lowest BCUT2D eigenvalue weighted by atomic mass is 9.91. The summed E-state index contributed by atoms with van der Waals surface area (Å²) in [6, 6.07) is 0. The second-order valence-electron chi connectivity index (χ2n) is 4.62.